The smallest absolute Gasteiger partial charge is 0.325 e. The van der Waals surface area contributed by atoms with Gasteiger partial charge in [-0.25, -0.2) is 18.4 Å². The maximum absolute atomic E-state index is 12.3. The monoisotopic (exact) mass is 406 g/mol. The molecule has 1 aliphatic heterocycles. The third kappa shape index (κ3) is 4.56. The molecule has 10 nitrogen and oxygen atoms in total. The number of sulfonamides is 1. The lowest BCUT2D eigenvalue weighted by atomic mass is 10.2. The van der Waals surface area contributed by atoms with Crippen LogP contribution in [0.15, 0.2) is 52.0 Å². The first-order valence-corrected chi connectivity index (χ1v) is 9.81. The zero-order chi connectivity index (χ0) is 20.3. The molecule has 1 atom stereocenters. The second kappa shape index (κ2) is 7.82. The summed E-state index contributed by atoms with van der Waals surface area (Å²) in [6.07, 6.45) is 1.22. The van der Waals surface area contributed by atoms with Crippen LogP contribution in [-0.4, -0.2) is 37.2 Å². The van der Waals surface area contributed by atoms with Crippen LogP contribution in [0, 0.1) is 0 Å². The van der Waals surface area contributed by atoms with Crippen molar-refractivity contribution in [2.45, 2.75) is 30.4 Å². The molecule has 4 N–H and O–H groups in total. The van der Waals surface area contributed by atoms with E-state index in [4.69, 9.17) is 9.56 Å². The number of nitrogens with zero attached hydrogens (tertiary/aromatic N) is 1. The number of imide groups is 1. The Hall–Kier alpha value is -3.18. The summed E-state index contributed by atoms with van der Waals surface area (Å²) in [6.45, 7) is 0.126. The van der Waals surface area contributed by atoms with Crippen molar-refractivity contribution in [1.29, 1.82) is 0 Å². The summed E-state index contributed by atoms with van der Waals surface area (Å²) in [6, 6.07) is 7.47. The second-order valence-corrected chi connectivity index (χ2v) is 7.74. The van der Waals surface area contributed by atoms with Gasteiger partial charge in [-0.3, -0.25) is 14.5 Å². The molecule has 4 amide bonds. The van der Waals surface area contributed by atoms with Crippen LogP contribution >= 0.6 is 0 Å². The molecule has 1 aromatic heterocycles. The Morgan fingerprint density at radius 3 is 2.54 bits per heavy atom. The highest BCUT2D eigenvalue weighted by atomic mass is 32.2. The SMILES string of the molecule is NS(=O)(=O)c1ccc(CNC(=O)C[C@@H]2NC(=O)N(Cc3ccco3)C2=O)cc1. The van der Waals surface area contributed by atoms with Crippen LogP contribution in [0.1, 0.15) is 17.7 Å². The molecule has 3 rings (SSSR count). The summed E-state index contributed by atoms with van der Waals surface area (Å²) in [7, 11) is -3.78. The van der Waals surface area contributed by atoms with Crippen LogP contribution in [0.2, 0.25) is 0 Å². The van der Waals surface area contributed by atoms with Gasteiger partial charge in [0, 0.05) is 6.54 Å². The molecule has 1 fully saturated rings. The molecule has 0 bridgehead atoms. The number of carbonyl (C=O) groups is 3. The van der Waals surface area contributed by atoms with Crippen molar-refractivity contribution < 1.29 is 27.2 Å². The summed E-state index contributed by atoms with van der Waals surface area (Å²) >= 11 is 0. The minimum absolute atomic E-state index is 0.00775. The highest BCUT2D eigenvalue weighted by molar-refractivity contribution is 7.89. The van der Waals surface area contributed by atoms with E-state index >= 15 is 0 Å². The molecule has 1 aliphatic rings. The zero-order valence-electron chi connectivity index (χ0n) is 14.6. The predicted octanol–water partition coefficient (Wildman–Crippen LogP) is 0.0539. The normalized spacial score (nSPS) is 16.9. The Morgan fingerprint density at radius 1 is 1.21 bits per heavy atom. The van der Waals surface area contributed by atoms with E-state index in [1.54, 1.807) is 12.1 Å². The van der Waals surface area contributed by atoms with Crippen LogP contribution in [0.25, 0.3) is 0 Å². The molecule has 28 heavy (non-hydrogen) atoms. The van der Waals surface area contributed by atoms with Crippen molar-refractivity contribution >= 4 is 27.9 Å². The van der Waals surface area contributed by atoms with Crippen molar-refractivity contribution in [2.24, 2.45) is 5.14 Å². The lowest BCUT2D eigenvalue weighted by Gasteiger charge is -2.11. The highest BCUT2D eigenvalue weighted by Gasteiger charge is 2.39. The fourth-order valence-corrected chi connectivity index (χ4v) is 3.19. The van der Waals surface area contributed by atoms with E-state index in [-0.39, 0.29) is 24.4 Å². The van der Waals surface area contributed by atoms with E-state index < -0.39 is 33.9 Å². The van der Waals surface area contributed by atoms with Gasteiger partial charge in [0.2, 0.25) is 15.9 Å². The number of hydrogen-bond acceptors (Lipinski definition) is 6. The summed E-state index contributed by atoms with van der Waals surface area (Å²) < 4.78 is 27.6. The quantitative estimate of drug-likeness (QED) is 0.553. The number of carbonyl (C=O) groups excluding carboxylic acids is 3. The summed E-state index contributed by atoms with van der Waals surface area (Å²) in [4.78, 5) is 37.4. The number of primary sulfonamides is 1. The van der Waals surface area contributed by atoms with Gasteiger partial charge in [0.05, 0.1) is 24.1 Å². The number of nitrogens with one attached hydrogen (secondary N) is 2. The molecule has 11 heteroatoms. The Balaban J connectivity index is 1.52. The first-order chi connectivity index (χ1) is 13.2. The van der Waals surface area contributed by atoms with Crippen LogP contribution in [0.5, 0.6) is 0 Å². The number of nitrogens with two attached hydrogens (primary N) is 1. The molecule has 0 radical (unpaired) electrons. The van der Waals surface area contributed by atoms with Gasteiger partial charge in [-0.05, 0) is 29.8 Å². The Bertz CT molecular complexity index is 985. The van der Waals surface area contributed by atoms with Crippen LogP contribution in [-0.2, 0) is 32.7 Å². The van der Waals surface area contributed by atoms with Gasteiger partial charge in [-0.1, -0.05) is 12.1 Å². The number of hydrogen-bond donors (Lipinski definition) is 3. The van der Waals surface area contributed by atoms with Gasteiger partial charge in [-0.2, -0.15) is 0 Å². The first-order valence-electron chi connectivity index (χ1n) is 8.27. The molecule has 0 unspecified atom stereocenters. The second-order valence-electron chi connectivity index (χ2n) is 6.18. The fourth-order valence-electron chi connectivity index (χ4n) is 2.68. The zero-order valence-corrected chi connectivity index (χ0v) is 15.4. The van der Waals surface area contributed by atoms with Gasteiger partial charge >= 0.3 is 6.03 Å². The van der Waals surface area contributed by atoms with E-state index in [1.165, 1.54) is 30.5 Å². The average molecular weight is 406 g/mol. The molecule has 0 spiro atoms. The molecule has 0 saturated carbocycles. The number of rotatable bonds is 7. The average Bonchev–Trinajstić information content (AvgIpc) is 3.24. The fraction of sp³-hybridized carbons (Fsp3) is 0.235. The van der Waals surface area contributed by atoms with Gasteiger partial charge < -0.3 is 15.1 Å². The standard InChI is InChI=1S/C17H18N4O6S/c18-28(25,26)13-5-3-11(4-6-13)9-19-15(22)8-14-16(23)21(17(24)20-14)10-12-2-1-7-27-12/h1-7,14H,8-10H2,(H,19,22)(H,20,24)(H2,18,25,26)/t14-/m0/s1. The van der Waals surface area contributed by atoms with E-state index in [1.807, 2.05) is 0 Å². The minimum atomic E-state index is -3.78. The highest BCUT2D eigenvalue weighted by Crippen LogP contribution is 2.14. The lowest BCUT2D eigenvalue weighted by Crippen LogP contribution is -2.36. The van der Waals surface area contributed by atoms with Gasteiger partial charge in [0.15, 0.2) is 0 Å². The molecular weight excluding hydrogens is 388 g/mol. The largest absolute Gasteiger partial charge is 0.467 e. The molecule has 1 saturated heterocycles. The number of urea groups is 1. The van der Waals surface area contributed by atoms with Crippen LogP contribution in [0.3, 0.4) is 0 Å². The number of furan rings is 1. The van der Waals surface area contributed by atoms with Gasteiger partial charge in [0.1, 0.15) is 11.8 Å². The van der Waals surface area contributed by atoms with Crippen LogP contribution < -0.4 is 15.8 Å². The van der Waals surface area contributed by atoms with E-state index in [0.29, 0.717) is 11.3 Å². The molecule has 2 aromatic rings. The summed E-state index contributed by atoms with van der Waals surface area (Å²) in [5.74, 6) is -0.486. The third-order valence-corrected chi connectivity index (χ3v) is 5.06. The maximum Gasteiger partial charge on any atom is 0.325 e. The molecule has 148 valence electrons. The maximum atomic E-state index is 12.3. The number of amides is 4. The summed E-state index contributed by atoms with van der Waals surface area (Å²) in [5, 5.41) is 10.1. The minimum Gasteiger partial charge on any atom is -0.467 e. The van der Waals surface area contributed by atoms with Crippen molar-refractivity contribution in [1.82, 2.24) is 15.5 Å². The number of benzene rings is 1. The van der Waals surface area contributed by atoms with E-state index in [2.05, 4.69) is 10.6 Å². The molecule has 0 aliphatic carbocycles. The van der Waals surface area contributed by atoms with E-state index in [9.17, 15) is 22.8 Å². The van der Waals surface area contributed by atoms with Gasteiger partial charge in [-0.15, -0.1) is 0 Å². The Morgan fingerprint density at radius 2 is 1.93 bits per heavy atom. The summed E-state index contributed by atoms with van der Waals surface area (Å²) in [5.41, 5.74) is 0.655. The molecular formula is C17H18N4O6S. The van der Waals surface area contributed by atoms with Crippen molar-refractivity contribution in [3.05, 3.63) is 54.0 Å². The third-order valence-electron chi connectivity index (χ3n) is 4.13. The van der Waals surface area contributed by atoms with E-state index in [0.717, 1.165) is 4.90 Å². The lowest BCUT2D eigenvalue weighted by molar-refractivity contribution is -0.131. The Labute approximate surface area is 160 Å². The Kier molecular flexibility index (Phi) is 5.47. The first kappa shape index (κ1) is 19.6. The van der Waals surface area contributed by atoms with Crippen molar-refractivity contribution in [3.63, 3.8) is 0 Å². The molecule has 2 heterocycles. The molecule has 1 aromatic carbocycles. The van der Waals surface area contributed by atoms with Crippen molar-refractivity contribution in [3.8, 4) is 0 Å². The van der Waals surface area contributed by atoms with Crippen molar-refractivity contribution in [2.75, 3.05) is 0 Å². The van der Waals surface area contributed by atoms with Crippen LogP contribution in [0.4, 0.5) is 4.79 Å². The topological polar surface area (TPSA) is 152 Å². The predicted molar refractivity (Wildman–Crippen MR) is 95.9 cm³/mol. The van der Waals surface area contributed by atoms with Gasteiger partial charge in [0.25, 0.3) is 5.91 Å².